The molecule has 2 aromatic carbocycles. The molecule has 0 aliphatic heterocycles. The fourth-order valence-corrected chi connectivity index (χ4v) is 2.88. The lowest BCUT2D eigenvalue weighted by Crippen LogP contribution is -2.02. The van der Waals surface area contributed by atoms with Gasteiger partial charge in [-0.3, -0.25) is 4.79 Å². The molecule has 3 aromatic rings. The van der Waals surface area contributed by atoms with Gasteiger partial charge < -0.3 is 10.4 Å². The fraction of sp³-hybridized carbons (Fsp3) is 0.0588. The van der Waals surface area contributed by atoms with Crippen molar-refractivity contribution in [1.82, 2.24) is 9.78 Å². The number of hydrogen-bond donors (Lipinski definition) is 2. The van der Waals surface area contributed by atoms with E-state index < -0.39 is 5.97 Å². The van der Waals surface area contributed by atoms with Gasteiger partial charge in [0.15, 0.2) is 5.82 Å². The number of aromatic nitrogens is 2. The van der Waals surface area contributed by atoms with Gasteiger partial charge in [-0.25, -0.2) is 4.68 Å². The summed E-state index contributed by atoms with van der Waals surface area (Å²) in [5.41, 5.74) is 1.97. The third kappa shape index (κ3) is 3.69. The van der Waals surface area contributed by atoms with Crippen LogP contribution >= 0.6 is 23.2 Å². The molecule has 122 valence electrons. The van der Waals surface area contributed by atoms with E-state index in [2.05, 4.69) is 10.4 Å². The van der Waals surface area contributed by atoms with Crippen LogP contribution in [0.3, 0.4) is 0 Å². The van der Waals surface area contributed by atoms with Crippen LogP contribution in [0.1, 0.15) is 5.56 Å². The second kappa shape index (κ2) is 6.95. The molecule has 0 aliphatic carbocycles. The molecule has 0 saturated heterocycles. The van der Waals surface area contributed by atoms with Crippen LogP contribution in [0.15, 0.2) is 54.7 Å². The van der Waals surface area contributed by atoms with E-state index in [4.69, 9.17) is 28.3 Å². The van der Waals surface area contributed by atoms with E-state index in [1.807, 2.05) is 42.6 Å². The van der Waals surface area contributed by atoms with E-state index in [1.165, 1.54) is 0 Å². The maximum Gasteiger partial charge on any atom is 0.307 e. The molecular formula is C17H13Cl2N3O2. The molecule has 0 bridgehead atoms. The first-order valence-electron chi connectivity index (χ1n) is 7.11. The third-order valence-corrected chi connectivity index (χ3v) is 4.03. The number of carboxylic acid groups (broad SMARTS) is 1. The molecule has 1 heterocycles. The molecule has 0 spiro atoms. The number of anilines is 2. The maximum absolute atomic E-state index is 10.8. The Morgan fingerprint density at radius 3 is 2.42 bits per heavy atom. The highest BCUT2D eigenvalue weighted by molar-refractivity contribution is 6.36. The Morgan fingerprint density at radius 1 is 1.12 bits per heavy atom. The molecule has 3 rings (SSSR count). The van der Waals surface area contributed by atoms with Gasteiger partial charge in [0.05, 0.1) is 12.1 Å². The molecule has 7 heteroatoms. The molecule has 0 atom stereocenters. The molecule has 0 amide bonds. The number of nitrogens with zero attached hydrogens (tertiary/aromatic N) is 2. The summed E-state index contributed by atoms with van der Waals surface area (Å²) < 4.78 is 1.74. The van der Waals surface area contributed by atoms with E-state index in [0.717, 1.165) is 5.69 Å². The van der Waals surface area contributed by atoms with Crippen LogP contribution in [0.4, 0.5) is 11.5 Å². The van der Waals surface area contributed by atoms with Crippen LogP contribution < -0.4 is 5.32 Å². The number of hydrogen-bond acceptors (Lipinski definition) is 3. The largest absolute Gasteiger partial charge is 0.481 e. The second-order valence-corrected chi connectivity index (χ2v) is 5.91. The molecule has 2 N–H and O–H groups in total. The van der Waals surface area contributed by atoms with Crippen LogP contribution in [-0.4, -0.2) is 20.9 Å². The molecule has 0 aliphatic rings. The van der Waals surface area contributed by atoms with Gasteiger partial charge in [0, 0.05) is 33.6 Å². The van der Waals surface area contributed by atoms with Gasteiger partial charge in [-0.05, 0) is 24.3 Å². The first-order chi connectivity index (χ1) is 11.5. The van der Waals surface area contributed by atoms with Crippen molar-refractivity contribution in [2.75, 3.05) is 5.32 Å². The Bertz CT molecular complexity index is 856. The van der Waals surface area contributed by atoms with Gasteiger partial charge in [-0.2, -0.15) is 5.10 Å². The third-order valence-electron chi connectivity index (χ3n) is 3.35. The summed E-state index contributed by atoms with van der Waals surface area (Å²) in [5, 5.41) is 17.0. The van der Waals surface area contributed by atoms with Crippen LogP contribution in [-0.2, 0) is 11.2 Å². The van der Waals surface area contributed by atoms with Crippen molar-refractivity contribution in [2.24, 2.45) is 0 Å². The first kappa shape index (κ1) is 16.4. The summed E-state index contributed by atoms with van der Waals surface area (Å²) >= 11 is 12.3. The molecule has 1 aromatic heterocycles. The van der Waals surface area contributed by atoms with E-state index in [0.29, 0.717) is 27.1 Å². The lowest BCUT2D eigenvalue weighted by Gasteiger charge is -2.09. The van der Waals surface area contributed by atoms with Crippen molar-refractivity contribution in [3.05, 3.63) is 70.3 Å². The topological polar surface area (TPSA) is 67.2 Å². The number of carboxylic acids is 1. The van der Waals surface area contributed by atoms with E-state index in [-0.39, 0.29) is 6.42 Å². The lowest BCUT2D eigenvalue weighted by molar-refractivity contribution is -0.136. The average Bonchev–Trinajstić information content (AvgIpc) is 3.00. The number of nitrogens with one attached hydrogen (secondary N) is 1. The SMILES string of the molecule is O=C(O)Cc1c(Cl)cc(Nc2ccn(-c3ccccc3)n2)cc1Cl. The summed E-state index contributed by atoms with van der Waals surface area (Å²) in [6, 6.07) is 14.8. The van der Waals surface area contributed by atoms with E-state index in [9.17, 15) is 4.79 Å². The molecular weight excluding hydrogens is 349 g/mol. The Hall–Kier alpha value is -2.50. The number of benzene rings is 2. The van der Waals surface area contributed by atoms with Gasteiger partial charge in [0.2, 0.25) is 0 Å². The van der Waals surface area contributed by atoms with Crippen LogP contribution in [0.5, 0.6) is 0 Å². The van der Waals surface area contributed by atoms with Gasteiger partial charge in [0.1, 0.15) is 0 Å². The number of aliphatic carboxylic acids is 1. The predicted octanol–water partition coefficient (Wildman–Crippen LogP) is 4.55. The summed E-state index contributed by atoms with van der Waals surface area (Å²) in [6.07, 6.45) is 1.61. The zero-order valence-corrected chi connectivity index (χ0v) is 13.9. The Morgan fingerprint density at radius 2 is 1.79 bits per heavy atom. The van der Waals surface area contributed by atoms with Crippen LogP contribution in [0.25, 0.3) is 5.69 Å². The highest BCUT2D eigenvalue weighted by atomic mass is 35.5. The molecule has 0 radical (unpaired) electrons. The maximum atomic E-state index is 10.8. The minimum absolute atomic E-state index is 0.222. The van der Waals surface area contributed by atoms with Crippen molar-refractivity contribution < 1.29 is 9.90 Å². The monoisotopic (exact) mass is 361 g/mol. The zero-order valence-electron chi connectivity index (χ0n) is 12.4. The van der Waals surface area contributed by atoms with Gasteiger partial charge in [-0.1, -0.05) is 41.4 Å². The second-order valence-electron chi connectivity index (χ2n) is 5.10. The first-order valence-corrected chi connectivity index (χ1v) is 7.86. The number of para-hydroxylation sites is 1. The van der Waals surface area contributed by atoms with Gasteiger partial charge in [-0.15, -0.1) is 0 Å². The van der Waals surface area contributed by atoms with Gasteiger partial charge >= 0.3 is 5.97 Å². The van der Waals surface area contributed by atoms with Crippen molar-refractivity contribution in [3.63, 3.8) is 0 Å². The predicted molar refractivity (Wildman–Crippen MR) is 94.6 cm³/mol. The minimum Gasteiger partial charge on any atom is -0.481 e. The number of carbonyl (C=O) groups is 1. The molecule has 5 nitrogen and oxygen atoms in total. The minimum atomic E-state index is -0.985. The Kier molecular flexibility index (Phi) is 4.74. The summed E-state index contributed by atoms with van der Waals surface area (Å²) in [7, 11) is 0. The molecule has 0 unspecified atom stereocenters. The average molecular weight is 362 g/mol. The lowest BCUT2D eigenvalue weighted by atomic mass is 10.1. The number of halogens is 2. The Balaban J connectivity index is 1.82. The summed E-state index contributed by atoms with van der Waals surface area (Å²) in [5.74, 6) is -0.363. The van der Waals surface area contributed by atoms with Crippen LogP contribution in [0.2, 0.25) is 10.0 Å². The van der Waals surface area contributed by atoms with E-state index >= 15 is 0 Å². The smallest absolute Gasteiger partial charge is 0.307 e. The standard InChI is InChI=1S/C17H13Cl2N3O2/c18-14-8-11(9-15(19)13(14)10-17(23)24)20-16-6-7-22(21-16)12-4-2-1-3-5-12/h1-9H,10H2,(H,20,21)(H,23,24). The van der Waals surface area contributed by atoms with Crippen molar-refractivity contribution in [3.8, 4) is 5.69 Å². The molecule has 24 heavy (non-hydrogen) atoms. The number of rotatable bonds is 5. The molecule has 0 saturated carbocycles. The highest BCUT2D eigenvalue weighted by Gasteiger charge is 2.12. The highest BCUT2D eigenvalue weighted by Crippen LogP contribution is 2.30. The van der Waals surface area contributed by atoms with Crippen molar-refractivity contribution >= 4 is 40.7 Å². The fourth-order valence-electron chi connectivity index (χ4n) is 2.26. The van der Waals surface area contributed by atoms with E-state index in [1.54, 1.807) is 16.8 Å². The van der Waals surface area contributed by atoms with Gasteiger partial charge in [0.25, 0.3) is 0 Å². The van der Waals surface area contributed by atoms with Crippen molar-refractivity contribution in [1.29, 1.82) is 0 Å². The summed E-state index contributed by atoms with van der Waals surface area (Å²) in [6.45, 7) is 0. The molecule has 0 fully saturated rings. The summed E-state index contributed by atoms with van der Waals surface area (Å²) in [4.78, 5) is 10.8. The normalized spacial score (nSPS) is 10.6. The zero-order chi connectivity index (χ0) is 17.1. The Labute approximate surface area is 148 Å². The quantitative estimate of drug-likeness (QED) is 0.699. The van der Waals surface area contributed by atoms with Crippen LogP contribution in [0, 0.1) is 0 Å². The van der Waals surface area contributed by atoms with Crippen molar-refractivity contribution in [2.45, 2.75) is 6.42 Å².